The lowest BCUT2D eigenvalue weighted by Gasteiger charge is -2.44. The highest BCUT2D eigenvalue weighted by atomic mass is 28.4. The normalized spacial score (nSPS) is 24.5. The van der Waals surface area contributed by atoms with Gasteiger partial charge in [0, 0.05) is 31.4 Å². The van der Waals surface area contributed by atoms with Gasteiger partial charge in [-0.25, -0.2) is 0 Å². The number of aliphatic hydroxyl groups is 1. The molecule has 1 N–H and O–H groups in total. The van der Waals surface area contributed by atoms with Crippen molar-refractivity contribution in [3.8, 4) is 0 Å². The van der Waals surface area contributed by atoms with E-state index in [1.54, 1.807) is 6.92 Å². The average molecular weight is 757 g/mol. The summed E-state index contributed by atoms with van der Waals surface area (Å²) in [6.07, 6.45) is 25.4. The summed E-state index contributed by atoms with van der Waals surface area (Å²) in [7, 11) is -1.67. The maximum absolute atomic E-state index is 13.3. The molecule has 0 saturated heterocycles. The molecule has 0 aromatic rings. The second kappa shape index (κ2) is 20.6. The Bertz CT molecular complexity index is 1630. The summed E-state index contributed by atoms with van der Waals surface area (Å²) < 4.78 is 12.3. The Labute approximate surface area is 330 Å². The summed E-state index contributed by atoms with van der Waals surface area (Å²) in [5.41, 5.74) is 9.28. The topological polar surface area (TPSA) is 72.8 Å². The number of rotatable bonds is 16. The fourth-order valence-electron chi connectivity index (χ4n) is 8.17. The van der Waals surface area contributed by atoms with Crippen LogP contribution in [0.1, 0.15) is 129 Å². The fraction of sp³-hybridized carbons (Fsp3) is 0.562. The lowest BCUT2D eigenvalue weighted by molar-refractivity contribution is -0.152. The minimum atomic E-state index is -1.67. The van der Waals surface area contributed by atoms with Crippen molar-refractivity contribution in [3.05, 3.63) is 112 Å². The number of hydrogen-bond acceptors (Lipinski definition) is 5. The van der Waals surface area contributed by atoms with Gasteiger partial charge in [-0.15, -0.1) is 5.73 Å². The Morgan fingerprint density at radius 1 is 0.759 bits per heavy atom. The number of Topliss-reactive ketones (excluding diaryl/α,β-unsaturated/α-hetero) is 1. The van der Waals surface area contributed by atoms with Crippen LogP contribution in [0.5, 0.6) is 0 Å². The molecule has 2 aliphatic rings. The molecule has 0 spiro atoms. The van der Waals surface area contributed by atoms with Crippen LogP contribution < -0.4 is 0 Å². The summed E-state index contributed by atoms with van der Waals surface area (Å²) >= 11 is 0. The van der Waals surface area contributed by atoms with Crippen LogP contribution in [0, 0.1) is 10.8 Å². The van der Waals surface area contributed by atoms with Gasteiger partial charge in [-0.05, 0) is 107 Å². The van der Waals surface area contributed by atoms with E-state index < -0.39 is 13.9 Å². The lowest BCUT2D eigenvalue weighted by atomic mass is 9.65. The van der Waals surface area contributed by atoms with Gasteiger partial charge in [-0.1, -0.05) is 132 Å². The van der Waals surface area contributed by atoms with E-state index in [4.69, 9.17) is 9.16 Å². The first-order valence-corrected chi connectivity index (χ1v) is 22.6. The molecule has 0 aromatic carbocycles. The van der Waals surface area contributed by atoms with Crippen LogP contribution in [-0.4, -0.2) is 43.0 Å². The first-order valence-electron chi connectivity index (χ1n) is 20.1. The van der Waals surface area contributed by atoms with E-state index in [2.05, 4.69) is 93.2 Å². The van der Waals surface area contributed by atoms with Crippen LogP contribution in [0.4, 0.5) is 0 Å². The first kappa shape index (κ1) is 46.9. The Morgan fingerprint density at radius 3 is 1.78 bits per heavy atom. The molecular weight excluding hydrogens is 685 g/mol. The molecule has 6 heteroatoms. The van der Waals surface area contributed by atoms with E-state index in [0.29, 0.717) is 19.3 Å². The molecule has 54 heavy (non-hydrogen) atoms. The number of ether oxygens (including phenoxy) is 1. The van der Waals surface area contributed by atoms with Gasteiger partial charge in [-0.3, -0.25) is 9.59 Å². The summed E-state index contributed by atoms with van der Waals surface area (Å²) in [6, 6.07) is 3.49. The SMILES string of the molecule is CC[Si](CC)(CC)O[C@@H]1CC(C)=C(CC(=O)/C(C)=C/C=C/C(C)=C/C=C/C=C(C)/C=C\C=C(/C)C=C=C2C(C)(C)C[C@H](OC(C)=O)C[C@@]2(C)O)C(C)(C)C1. The molecule has 5 nitrogen and oxygen atoms in total. The molecule has 0 radical (unpaired) electrons. The van der Waals surface area contributed by atoms with Gasteiger partial charge in [0.05, 0.1) is 5.60 Å². The summed E-state index contributed by atoms with van der Waals surface area (Å²) in [4.78, 5) is 24.8. The van der Waals surface area contributed by atoms with Crippen LogP contribution in [-0.2, 0) is 18.8 Å². The number of ketones is 1. The molecule has 0 heterocycles. The highest BCUT2D eigenvalue weighted by molar-refractivity contribution is 6.73. The maximum Gasteiger partial charge on any atom is 0.302 e. The van der Waals surface area contributed by atoms with Crippen molar-refractivity contribution in [1.29, 1.82) is 0 Å². The quantitative estimate of drug-likeness (QED) is 0.0424. The van der Waals surface area contributed by atoms with E-state index in [1.807, 2.05) is 62.5 Å². The fourth-order valence-corrected chi connectivity index (χ4v) is 11.0. The number of hydrogen-bond donors (Lipinski definition) is 1. The minimum Gasteiger partial charge on any atom is -0.462 e. The van der Waals surface area contributed by atoms with E-state index in [9.17, 15) is 14.7 Å². The summed E-state index contributed by atoms with van der Waals surface area (Å²) in [5.74, 6) is -0.135. The van der Waals surface area contributed by atoms with Gasteiger partial charge >= 0.3 is 5.97 Å². The molecule has 2 aliphatic carbocycles. The second-order valence-electron chi connectivity index (χ2n) is 17.3. The molecule has 3 atom stereocenters. The van der Waals surface area contributed by atoms with E-state index in [0.717, 1.165) is 58.8 Å². The minimum absolute atomic E-state index is 0.0513. The zero-order valence-electron chi connectivity index (χ0n) is 36.2. The third-order valence-corrected chi connectivity index (χ3v) is 16.0. The van der Waals surface area contributed by atoms with E-state index in [-0.39, 0.29) is 34.8 Å². The van der Waals surface area contributed by atoms with Gasteiger partial charge in [0.2, 0.25) is 0 Å². The van der Waals surface area contributed by atoms with E-state index in [1.165, 1.54) is 18.1 Å². The smallest absolute Gasteiger partial charge is 0.302 e. The largest absolute Gasteiger partial charge is 0.462 e. The van der Waals surface area contributed by atoms with Crippen LogP contribution in [0.2, 0.25) is 18.1 Å². The van der Waals surface area contributed by atoms with E-state index >= 15 is 0 Å². The van der Waals surface area contributed by atoms with Gasteiger partial charge in [0.1, 0.15) is 6.10 Å². The highest BCUT2D eigenvalue weighted by Gasteiger charge is 2.46. The van der Waals surface area contributed by atoms with Gasteiger partial charge in [-0.2, -0.15) is 0 Å². The number of esters is 1. The summed E-state index contributed by atoms with van der Waals surface area (Å²) in [5, 5.41) is 11.2. The Kier molecular flexibility index (Phi) is 17.9. The zero-order valence-corrected chi connectivity index (χ0v) is 37.2. The molecule has 1 fully saturated rings. The van der Waals surface area contributed by atoms with Crippen LogP contribution >= 0.6 is 0 Å². The van der Waals surface area contributed by atoms with Crippen molar-refractivity contribution in [2.75, 3.05) is 0 Å². The van der Waals surface area contributed by atoms with Gasteiger partial charge < -0.3 is 14.3 Å². The van der Waals surface area contributed by atoms with Crippen LogP contribution in [0.25, 0.3) is 0 Å². The zero-order chi connectivity index (χ0) is 40.9. The molecule has 1 saturated carbocycles. The van der Waals surface area contributed by atoms with Gasteiger partial charge in [0.15, 0.2) is 14.1 Å². The number of allylic oxidation sites excluding steroid dienone is 15. The molecule has 0 unspecified atom stereocenters. The molecule has 298 valence electrons. The lowest BCUT2D eigenvalue weighted by Crippen LogP contribution is -2.46. The number of carbonyl (C=O) groups excluding carboxylic acids is 2. The number of carbonyl (C=O) groups is 2. The van der Waals surface area contributed by atoms with Crippen molar-refractivity contribution in [2.45, 2.75) is 165 Å². The van der Waals surface area contributed by atoms with Crippen LogP contribution in [0.3, 0.4) is 0 Å². The molecule has 0 aliphatic heterocycles. The molecule has 0 amide bonds. The third kappa shape index (κ3) is 14.4. The van der Waals surface area contributed by atoms with Crippen molar-refractivity contribution in [3.63, 3.8) is 0 Å². The average Bonchev–Trinajstić information content (AvgIpc) is 3.05. The van der Waals surface area contributed by atoms with Crippen molar-refractivity contribution in [1.82, 2.24) is 0 Å². The third-order valence-electron chi connectivity index (χ3n) is 11.3. The maximum atomic E-state index is 13.3. The molecule has 0 bridgehead atoms. The molecular formula is C48H72O5Si. The second-order valence-corrected chi connectivity index (χ2v) is 22.0. The van der Waals surface area contributed by atoms with Crippen molar-refractivity contribution < 1.29 is 23.9 Å². The standard InChI is InChI=1S/C48H72O5Si/c1-15-54(16-2,17-3)53-41-30-39(8)43(46(10,11)32-41)31-44(50)38(7)27-21-26-36(5)23-19-18-22-35(4)24-20-25-37(6)28-29-45-47(12,13)33-42(52-40(9)49)34-48(45,14)51/h18-28,41-42,51H,15-17,30-34H2,1-14H3/b19-18+,24-20-,26-21+,35-22+,36-23+,37-25+,38-27+/t29?,41-,42+,48-/m1/s1. The Balaban J connectivity index is 1.99. The van der Waals surface area contributed by atoms with Crippen LogP contribution in [0.15, 0.2) is 112 Å². The monoisotopic (exact) mass is 757 g/mol. The predicted molar refractivity (Wildman–Crippen MR) is 231 cm³/mol. The summed E-state index contributed by atoms with van der Waals surface area (Å²) in [6.45, 7) is 29.0. The Hall–Kier alpha value is -3.28. The molecule has 2 rings (SSSR count). The Morgan fingerprint density at radius 2 is 1.28 bits per heavy atom. The van der Waals surface area contributed by atoms with Crippen molar-refractivity contribution in [2.24, 2.45) is 10.8 Å². The highest BCUT2D eigenvalue weighted by Crippen LogP contribution is 2.47. The molecule has 0 aromatic heterocycles. The van der Waals surface area contributed by atoms with Gasteiger partial charge in [0.25, 0.3) is 0 Å². The predicted octanol–water partition coefficient (Wildman–Crippen LogP) is 12.5. The first-order chi connectivity index (χ1) is 25.1. The van der Waals surface area contributed by atoms with Crippen molar-refractivity contribution >= 4 is 20.1 Å².